The van der Waals surface area contributed by atoms with Gasteiger partial charge in [0.25, 0.3) is 0 Å². The van der Waals surface area contributed by atoms with Crippen molar-refractivity contribution in [2.75, 3.05) is 18.8 Å². The predicted octanol–water partition coefficient (Wildman–Crippen LogP) is 0.122. The molecule has 1 amide bonds. The molecule has 2 aliphatic rings. The molecule has 0 aromatic rings. The van der Waals surface area contributed by atoms with E-state index in [1.807, 2.05) is 0 Å². The first kappa shape index (κ1) is 12.8. The van der Waals surface area contributed by atoms with Gasteiger partial charge in [-0.3, -0.25) is 4.79 Å². The number of hydrogen-bond donors (Lipinski definition) is 1. The maximum atomic E-state index is 12.1. The van der Waals surface area contributed by atoms with Gasteiger partial charge in [-0.25, -0.2) is 8.42 Å². The Morgan fingerprint density at radius 2 is 2.06 bits per heavy atom. The summed E-state index contributed by atoms with van der Waals surface area (Å²) in [6.45, 7) is 3.13. The Kier molecular flexibility index (Phi) is 3.73. The second-order valence-corrected chi connectivity index (χ2v) is 7.16. The van der Waals surface area contributed by atoms with Gasteiger partial charge in [-0.1, -0.05) is 0 Å². The van der Waals surface area contributed by atoms with Gasteiger partial charge in [0.05, 0.1) is 11.8 Å². The van der Waals surface area contributed by atoms with Crippen LogP contribution in [0.4, 0.5) is 0 Å². The Hall–Kier alpha value is -0.620. The molecule has 2 fully saturated rings. The van der Waals surface area contributed by atoms with Crippen molar-refractivity contribution in [1.82, 2.24) is 10.2 Å². The van der Waals surface area contributed by atoms with Crippen LogP contribution < -0.4 is 5.32 Å². The van der Waals surface area contributed by atoms with Gasteiger partial charge in [0, 0.05) is 6.54 Å². The molecule has 6 heteroatoms. The Bertz CT molecular complexity index is 394. The van der Waals surface area contributed by atoms with Crippen molar-refractivity contribution in [3.05, 3.63) is 0 Å². The van der Waals surface area contributed by atoms with Crippen molar-refractivity contribution in [2.45, 2.75) is 44.0 Å². The lowest BCUT2D eigenvalue weighted by atomic mass is 10.2. The molecule has 2 unspecified atom stereocenters. The van der Waals surface area contributed by atoms with Gasteiger partial charge in [0.1, 0.15) is 5.37 Å². The zero-order valence-corrected chi connectivity index (χ0v) is 11.0. The summed E-state index contributed by atoms with van der Waals surface area (Å²) in [6, 6.07) is -0.269. The monoisotopic (exact) mass is 260 g/mol. The van der Waals surface area contributed by atoms with Crippen LogP contribution >= 0.6 is 0 Å². The zero-order valence-electron chi connectivity index (χ0n) is 10.2. The van der Waals surface area contributed by atoms with E-state index in [-0.39, 0.29) is 17.7 Å². The van der Waals surface area contributed by atoms with Gasteiger partial charge in [-0.05, 0) is 39.2 Å². The Labute approximate surface area is 102 Å². The molecule has 0 radical (unpaired) electrons. The van der Waals surface area contributed by atoms with Crippen LogP contribution in [-0.2, 0) is 14.6 Å². The van der Waals surface area contributed by atoms with Gasteiger partial charge in [0.2, 0.25) is 5.91 Å². The predicted molar refractivity (Wildman–Crippen MR) is 65.2 cm³/mol. The highest BCUT2D eigenvalue weighted by Gasteiger charge is 2.38. The molecule has 5 nitrogen and oxygen atoms in total. The van der Waals surface area contributed by atoms with Gasteiger partial charge in [0.15, 0.2) is 9.84 Å². The summed E-state index contributed by atoms with van der Waals surface area (Å²) in [6.07, 6.45) is 3.05. The second-order valence-electron chi connectivity index (χ2n) is 4.88. The molecule has 0 aromatic heterocycles. The molecule has 0 aromatic carbocycles. The molecule has 0 spiro atoms. The van der Waals surface area contributed by atoms with E-state index in [4.69, 9.17) is 0 Å². The molecular weight excluding hydrogens is 240 g/mol. The first-order valence-corrected chi connectivity index (χ1v) is 7.99. The minimum absolute atomic E-state index is 0.0713. The number of carbonyl (C=O) groups excluding carboxylic acids is 1. The Balaban J connectivity index is 2.21. The topological polar surface area (TPSA) is 66.5 Å². The summed E-state index contributed by atoms with van der Waals surface area (Å²) < 4.78 is 24.1. The summed E-state index contributed by atoms with van der Waals surface area (Å²) >= 11 is 0. The molecule has 0 bridgehead atoms. The molecular formula is C11H20N2O3S. The second kappa shape index (κ2) is 4.94. The number of hydrogen-bond acceptors (Lipinski definition) is 4. The van der Waals surface area contributed by atoms with Crippen LogP contribution in [0.15, 0.2) is 0 Å². The standard InChI is InChI=1S/C11H20N2O3S/c1-9-11(14)13(7-4-6-12-9)10-5-2-3-8-17(10,15)16/h9-10,12H,2-8H2,1H3. The number of amides is 1. The summed E-state index contributed by atoms with van der Waals surface area (Å²) in [4.78, 5) is 13.7. The minimum Gasteiger partial charge on any atom is -0.324 e. The number of rotatable bonds is 1. The SMILES string of the molecule is CC1NCCCN(C2CCCCS2(=O)=O)C1=O. The van der Waals surface area contributed by atoms with E-state index in [2.05, 4.69) is 5.32 Å². The van der Waals surface area contributed by atoms with Crippen molar-refractivity contribution >= 4 is 15.7 Å². The van der Waals surface area contributed by atoms with Gasteiger partial charge >= 0.3 is 0 Å². The summed E-state index contributed by atoms with van der Waals surface area (Å²) in [5.41, 5.74) is 0. The Morgan fingerprint density at radius 1 is 1.29 bits per heavy atom. The van der Waals surface area contributed by atoms with Gasteiger partial charge in [-0.2, -0.15) is 0 Å². The quantitative estimate of drug-likeness (QED) is 0.727. The number of sulfone groups is 1. The lowest BCUT2D eigenvalue weighted by Gasteiger charge is -2.33. The lowest BCUT2D eigenvalue weighted by Crippen LogP contribution is -2.51. The van der Waals surface area contributed by atoms with Crippen molar-refractivity contribution < 1.29 is 13.2 Å². The molecule has 98 valence electrons. The van der Waals surface area contributed by atoms with Gasteiger partial charge < -0.3 is 10.2 Å². The molecule has 2 rings (SSSR count). The number of carbonyl (C=O) groups is 1. The van der Waals surface area contributed by atoms with Crippen molar-refractivity contribution in [3.63, 3.8) is 0 Å². The van der Waals surface area contributed by atoms with Crippen LogP contribution in [0.3, 0.4) is 0 Å². The van der Waals surface area contributed by atoms with E-state index in [0.717, 1.165) is 25.8 Å². The highest BCUT2D eigenvalue weighted by Crippen LogP contribution is 2.24. The largest absolute Gasteiger partial charge is 0.324 e. The average molecular weight is 260 g/mol. The molecule has 2 heterocycles. The van der Waals surface area contributed by atoms with E-state index in [9.17, 15) is 13.2 Å². The van der Waals surface area contributed by atoms with E-state index in [1.165, 1.54) is 0 Å². The van der Waals surface area contributed by atoms with Crippen molar-refractivity contribution in [3.8, 4) is 0 Å². The third kappa shape index (κ3) is 2.63. The highest BCUT2D eigenvalue weighted by molar-refractivity contribution is 7.92. The van der Waals surface area contributed by atoms with E-state index >= 15 is 0 Å². The van der Waals surface area contributed by atoms with Crippen LogP contribution in [0, 0.1) is 0 Å². The van der Waals surface area contributed by atoms with E-state index in [1.54, 1.807) is 11.8 Å². The van der Waals surface area contributed by atoms with Crippen LogP contribution in [0.2, 0.25) is 0 Å². The molecule has 17 heavy (non-hydrogen) atoms. The molecule has 1 N–H and O–H groups in total. The molecule has 2 aliphatic heterocycles. The number of nitrogens with zero attached hydrogens (tertiary/aromatic N) is 1. The van der Waals surface area contributed by atoms with Crippen LogP contribution in [0.5, 0.6) is 0 Å². The van der Waals surface area contributed by atoms with Crippen LogP contribution in [0.1, 0.15) is 32.6 Å². The third-order valence-electron chi connectivity index (χ3n) is 3.57. The highest BCUT2D eigenvalue weighted by atomic mass is 32.2. The van der Waals surface area contributed by atoms with Gasteiger partial charge in [-0.15, -0.1) is 0 Å². The van der Waals surface area contributed by atoms with Crippen molar-refractivity contribution in [1.29, 1.82) is 0 Å². The van der Waals surface area contributed by atoms with E-state index in [0.29, 0.717) is 13.0 Å². The maximum Gasteiger partial charge on any atom is 0.240 e. The summed E-state index contributed by atoms with van der Waals surface area (Å²) in [5, 5.41) is 2.53. The molecule has 2 saturated heterocycles. The fourth-order valence-electron chi connectivity index (χ4n) is 2.59. The fraction of sp³-hybridized carbons (Fsp3) is 0.909. The first-order valence-electron chi connectivity index (χ1n) is 6.28. The summed E-state index contributed by atoms with van der Waals surface area (Å²) in [7, 11) is -3.12. The maximum absolute atomic E-state index is 12.1. The smallest absolute Gasteiger partial charge is 0.240 e. The molecule has 0 saturated carbocycles. The normalized spacial score (nSPS) is 34.4. The van der Waals surface area contributed by atoms with E-state index < -0.39 is 15.2 Å². The zero-order chi connectivity index (χ0) is 12.5. The third-order valence-corrected chi connectivity index (χ3v) is 5.75. The Morgan fingerprint density at radius 3 is 2.76 bits per heavy atom. The first-order chi connectivity index (χ1) is 8.02. The number of nitrogens with one attached hydrogen (secondary N) is 1. The van der Waals surface area contributed by atoms with Crippen LogP contribution in [0.25, 0.3) is 0 Å². The van der Waals surface area contributed by atoms with Crippen molar-refractivity contribution in [2.24, 2.45) is 0 Å². The van der Waals surface area contributed by atoms with Crippen LogP contribution in [-0.4, -0.2) is 49.5 Å². The fourth-order valence-corrected chi connectivity index (χ4v) is 4.59. The average Bonchev–Trinajstić information content (AvgIpc) is 2.43. The minimum atomic E-state index is -3.12. The lowest BCUT2D eigenvalue weighted by molar-refractivity contribution is -0.133. The summed E-state index contributed by atoms with van der Waals surface area (Å²) in [5.74, 6) is 0.154. The molecule has 2 atom stereocenters. The molecule has 0 aliphatic carbocycles.